The molecule has 0 atom stereocenters. The number of aryl methyl sites for hydroxylation is 1. The molecule has 23 heavy (non-hydrogen) atoms. The first kappa shape index (κ1) is 17.7. The zero-order valence-corrected chi connectivity index (χ0v) is 14.7. The first-order valence-corrected chi connectivity index (χ1v) is 9.26. The van der Waals surface area contributed by atoms with Crippen LogP contribution in [0.25, 0.3) is 0 Å². The van der Waals surface area contributed by atoms with E-state index in [0.29, 0.717) is 55.2 Å². The molecule has 0 aromatic heterocycles. The van der Waals surface area contributed by atoms with Crippen LogP contribution < -0.4 is 4.74 Å². The van der Waals surface area contributed by atoms with E-state index in [-0.39, 0.29) is 5.91 Å². The number of ether oxygens (including phenoxy) is 1. The van der Waals surface area contributed by atoms with Crippen molar-refractivity contribution in [3.05, 3.63) is 23.8 Å². The Balaban J connectivity index is 2.21. The van der Waals surface area contributed by atoms with Gasteiger partial charge in [-0.2, -0.15) is 4.31 Å². The molecule has 1 aliphatic heterocycles. The van der Waals surface area contributed by atoms with Crippen LogP contribution >= 0.6 is 0 Å². The number of methoxy groups -OCH3 is 1. The summed E-state index contributed by atoms with van der Waals surface area (Å²) in [6.45, 7) is 5.41. The molecule has 1 amide bonds. The molecule has 2 rings (SSSR count). The maximum atomic E-state index is 12.9. The number of amides is 1. The van der Waals surface area contributed by atoms with Gasteiger partial charge in [-0.1, -0.05) is 6.92 Å². The van der Waals surface area contributed by atoms with Gasteiger partial charge in [0.05, 0.1) is 12.0 Å². The Morgan fingerprint density at radius 2 is 1.96 bits per heavy atom. The largest absolute Gasteiger partial charge is 0.497 e. The van der Waals surface area contributed by atoms with Crippen molar-refractivity contribution < 1.29 is 17.9 Å². The molecule has 1 aromatic rings. The number of nitrogens with zero attached hydrogens (tertiary/aromatic N) is 2. The van der Waals surface area contributed by atoms with E-state index in [1.165, 1.54) is 4.31 Å². The Morgan fingerprint density at radius 1 is 1.22 bits per heavy atom. The summed E-state index contributed by atoms with van der Waals surface area (Å²) in [4.78, 5) is 13.9. The quantitative estimate of drug-likeness (QED) is 0.836. The van der Waals surface area contributed by atoms with E-state index in [1.807, 2.05) is 6.92 Å². The van der Waals surface area contributed by atoms with E-state index in [0.717, 1.165) is 0 Å². The van der Waals surface area contributed by atoms with Crippen LogP contribution in [0.5, 0.6) is 5.75 Å². The Kier molecular flexibility index (Phi) is 5.64. The summed E-state index contributed by atoms with van der Waals surface area (Å²) in [6, 6.07) is 4.96. The standard InChI is InChI=1S/C16H24N2O4S/c1-4-16(19)17-8-5-9-18(11-10-17)23(20,21)15-7-6-14(22-3)12-13(15)2/h6-7,12H,4-5,8-11H2,1-3H3. The minimum Gasteiger partial charge on any atom is -0.497 e. The van der Waals surface area contributed by atoms with Gasteiger partial charge in [0.25, 0.3) is 0 Å². The number of rotatable bonds is 4. The molecule has 0 N–H and O–H groups in total. The van der Waals surface area contributed by atoms with E-state index in [4.69, 9.17) is 4.74 Å². The van der Waals surface area contributed by atoms with E-state index < -0.39 is 10.0 Å². The summed E-state index contributed by atoms with van der Waals surface area (Å²) in [6.07, 6.45) is 1.10. The van der Waals surface area contributed by atoms with E-state index in [2.05, 4.69) is 0 Å². The van der Waals surface area contributed by atoms with Crippen molar-refractivity contribution in [2.24, 2.45) is 0 Å². The van der Waals surface area contributed by atoms with Gasteiger partial charge in [0, 0.05) is 32.6 Å². The van der Waals surface area contributed by atoms with Gasteiger partial charge in [-0.25, -0.2) is 8.42 Å². The number of carbonyl (C=O) groups excluding carboxylic acids is 1. The molecule has 0 spiro atoms. The van der Waals surface area contributed by atoms with Crippen LogP contribution in [-0.2, 0) is 14.8 Å². The van der Waals surface area contributed by atoms with Crippen LogP contribution in [0.3, 0.4) is 0 Å². The molecule has 0 aliphatic carbocycles. The predicted molar refractivity (Wildman–Crippen MR) is 88.0 cm³/mol. The molecule has 0 saturated carbocycles. The van der Waals surface area contributed by atoms with Gasteiger partial charge in [-0.05, 0) is 37.1 Å². The second-order valence-electron chi connectivity index (χ2n) is 5.62. The number of hydrogen-bond acceptors (Lipinski definition) is 4. The fourth-order valence-electron chi connectivity index (χ4n) is 2.78. The minimum atomic E-state index is -3.56. The minimum absolute atomic E-state index is 0.0740. The molecule has 1 aromatic carbocycles. The molecule has 128 valence electrons. The van der Waals surface area contributed by atoms with Crippen molar-refractivity contribution in [3.63, 3.8) is 0 Å². The van der Waals surface area contributed by atoms with Crippen LogP contribution in [0.15, 0.2) is 23.1 Å². The average molecular weight is 340 g/mol. The zero-order valence-electron chi connectivity index (χ0n) is 13.9. The topological polar surface area (TPSA) is 66.9 Å². The highest BCUT2D eigenvalue weighted by atomic mass is 32.2. The molecule has 0 unspecified atom stereocenters. The Bertz CT molecular complexity index is 673. The van der Waals surface area contributed by atoms with Crippen molar-refractivity contribution in [1.82, 2.24) is 9.21 Å². The third-order valence-corrected chi connectivity index (χ3v) is 6.17. The third kappa shape index (κ3) is 3.84. The summed E-state index contributed by atoms with van der Waals surface area (Å²) in [5.74, 6) is 0.710. The van der Waals surface area contributed by atoms with Gasteiger partial charge in [0.2, 0.25) is 15.9 Å². The lowest BCUT2D eigenvalue weighted by Gasteiger charge is -2.22. The molecule has 1 fully saturated rings. The van der Waals surface area contributed by atoms with Gasteiger partial charge >= 0.3 is 0 Å². The highest BCUT2D eigenvalue weighted by molar-refractivity contribution is 7.89. The molecule has 1 saturated heterocycles. The van der Waals surface area contributed by atoms with E-state index in [1.54, 1.807) is 37.1 Å². The fraction of sp³-hybridized carbons (Fsp3) is 0.562. The first-order chi connectivity index (χ1) is 10.9. The second-order valence-corrected chi connectivity index (χ2v) is 7.53. The van der Waals surface area contributed by atoms with Crippen molar-refractivity contribution in [1.29, 1.82) is 0 Å². The summed E-state index contributed by atoms with van der Waals surface area (Å²) in [5, 5.41) is 0. The van der Waals surface area contributed by atoms with Gasteiger partial charge in [0.15, 0.2) is 0 Å². The molecule has 6 nitrogen and oxygen atoms in total. The fourth-order valence-corrected chi connectivity index (χ4v) is 4.46. The van der Waals surface area contributed by atoms with Crippen LogP contribution in [0.4, 0.5) is 0 Å². The zero-order chi connectivity index (χ0) is 17.0. The lowest BCUT2D eigenvalue weighted by Crippen LogP contribution is -2.37. The van der Waals surface area contributed by atoms with Crippen LogP contribution in [0.2, 0.25) is 0 Å². The van der Waals surface area contributed by atoms with Crippen LogP contribution in [-0.4, -0.2) is 56.8 Å². The van der Waals surface area contributed by atoms with E-state index >= 15 is 0 Å². The van der Waals surface area contributed by atoms with Gasteiger partial charge < -0.3 is 9.64 Å². The number of sulfonamides is 1. The Morgan fingerprint density at radius 3 is 2.57 bits per heavy atom. The molecule has 1 aliphatic rings. The highest BCUT2D eigenvalue weighted by Crippen LogP contribution is 2.24. The molecule has 0 radical (unpaired) electrons. The number of hydrogen-bond donors (Lipinski definition) is 0. The average Bonchev–Trinajstić information content (AvgIpc) is 2.80. The predicted octanol–water partition coefficient (Wildman–Crippen LogP) is 1.64. The Hall–Kier alpha value is -1.60. The normalized spacial score (nSPS) is 16.9. The van der Waals surface area contributed by atoms with Crippen molar-refractivity contribution >= 4 is 15.9 Å². The Labute approximate surface area is 138 Å². The SMILES string of the molecule is CCC(=O)N1CCCN(S(=O)(=O)c2ccc(OC)cc2C)CC1. The van der Waals surface area contributed by atoms with Crippen molar-refractivity contribution in [2.45, 2.75) is 31.6 Å². The molecule has 7 heteroatoms. The molecular weight excluding hydrogens is 316 g/mol. The second kappa shape index (κ2) is 7.31. The smallest absolute Gasteiger partial charge is 0.243 e. The van der Waals surface area contributed by atoms with Crippen LogP contribution in [0, 0.1) is 6.92 Å². The monoisotopic (exact) mass is 340 g/mol. The third-order valence-electron chi connectivity index (χ3n) is 4.11. The number of carbonyl (C=O) groups is 1. The van der Waals surface area contributed by atoms with Crippen LogP contribution in [0.1, 0.15) is 25.3 Å². The summed E-state index contributed by atoms with van der Waals surface area (Å²) in [5.41, 5.74) is 0.662. The van der Waals surface area contributed by atoms with Gasteiger partial charge in [-0.3, -0.25) is 4.79 Å². The van der Waals surface area contributed by atoms with Crippen molar-refractivity contribution in [3.8, 4) is 5.75 Å². The maximum Gasteiger partial charge on any atom is 0.243 e. The molecule has 1 heterocycles. The van der Waals surface area contributed by atoms with Gasteiger partial charge in [0.1, 0.15) is 5.75 Å². The lowest BCUT2D eigenvalue weighted by molar-refractivity contribution is -0.130. The van der Waals surface area contributed by atoms with Crippen molar-refractivity contribution in [2.75, 3.05) is 33.3 Å². The summed E-state index contributed by atoms with van der Waals surface area (Å²) >= 11 is 0. The summed E-state index contributed by atoms with van der Waals surface area (Å²) < 4.78 is 32.4. The van der Waals surface area contributed by atoms with E-state index in [9.17, 15) is 13.2 Å². The summed E-state index contributed by atoms with van der Waals surface area (Å²) in [7, 11) is -2.00. The first-order valence-electron chi connectivity index (χ1n) is 7.82. The molecule has 0 bridgehead atoms. The lowest BCUT2D eigenvalue weighted by atomic mass is 10.2. The highest BCUT2D eigenvalue weighted by Gasteiger charge is 2.29. The maximum absolute atomic E-state index is 12.9. The number of benzene rings is 1. The molecular formula is C16H24N2O4S. The van der Waals surface area contributed by atoms with Gasteiger partial charge in [-0.15, -0.1) is 0 Å².